The van der Waals surface area contributed by atoms with Crippen molar-refractivity contribution in [1.29, 1.82) is 0 Å². The first-order valence-corrected chi connectivity index (χ1v) is 11.7. The fourth-order valence-corrected chi connectivity index (χ4v) is 4.11. The molecule has 23 heavy (non-hydrogen) atoms. The van der Waals surface area contributed by atoms with E-state index in [1.165, 1.54) is 77.0 Å². The Bertz CT molecular complexity index is 245. The Morgan fingerprint density at radius 2 is 1.04 bits per heavy atom. The molecule has 5 heteroatoms. The Morgan fingerprint density at radius 3 is 1.39 bits per heavy atom. The third-order valence-electron chi connectivity index (χ3n) is 4.35. The Balaban J connectivity index is 3.16. The standard InChI is InChI=1S/C18H38NOS2.Au/c19-16-18(22)17(21)14-12-10-8-6-4-2-1-3-5-7-9-11-13-15-20;/h16-18,20-22H,1-15,19H2;. The van der Waals surface area contributed by atoms with E-state index in [0.29, 0.717) is 11.9 Å². The van der Waals surface area contributed by atoms with Crippen LogP contribution in [0.15, 0.2) is 0 Å². The van der Waals surface area contributed by atoms with Crippen LogP contribution in [0.1, 0.15) is 89.9 Å². The number of hydrogen-bond donors (Lipinski definition) is 4. The molecule has 144 valence electrons. The van der Waals surface area contributed by atoms with Crippen molar-refractivity contribution >= 4 is 25.3 Å². The molecule has 0 aromatic rings. The number of rotatable bonds is 17. The van der Waals surface area contributed by atoms with Crippen molar-refractivity contribution < 1.29 is 26.2 Å². The summed E-state index contributed by atoms with van der Waals surface area (Å²) in [5.74, 6) is 0. The molecular weight excluding hydrogens is 507 g/mol. The summed E-state index contributed by atoms with van der Waals surface area (Å²) in [5.41, 5.74) is 5.83. The van der Waals surface area contributed by atoms with Gasteiger partial charge in [0.2, 0.25) is 0 Å². The first-order valence-electron chi connectivity index (χ1n) is 9.41. The van der Waals surface area contributed by atoms with Gasteiger partial charge in [0, 0.05) is 6.61 Å². The minimum atomic E-state index is 0.0653. The van der Waals surface area contributed by atoms with Gasteiger partial charge in [-0.15, -0.1) is 0 Å². The summed E-state index contributed by atoms with van der Waals surface area (Å²) in [6.45, 7) is 0.357. The molecule has 0 aliphatic heterocycles. The third kappa shape index (κ3) is 16.6. The molecule has 0 aromatic heterocycles. The van der Waals surface area contributed by atoms with Crippen LogP contribution in [-0.4, -0.2) is 26.5 Å². The molecule has 0 spiro atoms. The first kappa shape index (κ1) is 24.4. The average Bonchev–Trinajstić information content (AvgIpc) is 2.54. The molecule has 3 unspecified atom stereocenters. The molecule has 0 bridgehead atoms. The van der Waals surface area contributed by atoms with Crippen molar-refractivity contribution in [3.05, 3.63) is 0 Å². The summed E-state index contributed by atoms with van der Waals surface area (Å²) in [7, 11) is 0. The van der Waals surface area contributed by atoms with E-state index in [4.69, 9.17) is 10.8 Å². The zero-order valence-corrected chi connectivity index (χ0v) is 18.5. The van der Waals surface area contributed by atoms with Gasteiger partial charge < -0.3 is 5.11 Å². The smallest absolute Gasteiger partial charge is 0.396 e. The van der Waals surface area contributed by atoms with E-state index in [1.807, 2.05) is 0 Å². The summed E-state index contributed by atoms with van der Waals surface area (Å²) in [6.07, 6.45) is 18.2. The van der Waals surface area contributed by atoms with E-state index in [0.717, 1.165) is 12.8 Å². The third-order valence-corrected chi connectivity index (χ3v) is 7.17. The molecule has 0 aliphatic rings. The van der Waals surface area contributed by atoms with Gasteiger partial charge in [-0.3, -0.25) is 0 Å². The van der Waals surface area contributed by atoms with Crippen LogP contribution in [0.5, 0.6) is 0 Å². The number of aliphatic hydroxyl groups excluding tert-OH is 1. The van der Waals surface area contributed by atoms with Crippen molar-refractivity contribution in [2.45, 2.75) is 105 Å². The Kier molecular flexibility index (Phi) is 19.2. The quantitative estimate of drug-likeness (QED) is 0.120. The van der Waals surface area contributed by atoms with Gasteiger partial charge >= 0.3 is 125 Å². The first-order chi connectivity index (χ1) is 11.1. The summed E-state index contributed by atoms with van der Waals surface area (Å²) in [6, 6.07) is 0. The van der Waals surface area contributed by atoms with Gasteiger partial charge in [0.25, 0.3) is 0 Å². The molecule has 0 radical (unpaired) electrons. The van der Waals surface area contributed by atoms with Gasteiger partial charge in [-0.25, -0.2) is 0 Å². The van der Waals surface area contributed by atoms with Crippen molar-refractivity contribution in [1.82, 2.24) is 0 Å². The Labute approximate surface area is 167 Å². The Hall–Kier alpha value is 1.36. The zero-order valence-electron chi connectivity index (χ0n) is 14.6. The van der Waals surface area contributed by atoms with Crippen LogP contribution in [0.4, 0.5) is 0 Å². The topological polar surface area (TPSA) is 46.2 Å². The average molecular weight is 546 g/mol. The zero-order chi connectivity index (χ0) is 17.3. The summed E-state index contributed by atoms with van der Waals surface area (Å²) in [5, 5.41) is 9.20. The number of hydrogen-bond acceptors (Lipinski definition) is 4. The van der Waals surface area contributed by atoms with Crippen molar-refractivity contribution in [3.63, 3.8) is 0 Å². The van der Waals surface area contributed by atoms with Crippen LogP contribution in [0.2, 0.25) is 0 Å². The number of unbranched alkanes of at least 4 members (excludes halogenated alkanes) is 12. The van der Waals surface area contributed by atoms with Gasteiger partial charge in [-0.2, -0.15) is 0 Å². The second kappa shape index (κ2) is 18.2. The van der Waals surface area contributed by atoms with E-state index in [1.54, 1.807) is 0 Å². The van der Waals surface area contributed by atoms with Gasteiger partial charge in [0.1, 0.15) is 0 Å². The van der Waals surface area contributed by atoms with E-state index >= 15 is 0 Å². The van der Waals surface area contributed by atoms with Crippen LogP contribution in [0.25, 0.3) is 0 Å². The second-order valence-corrected chi connectivity index (χ2v) is 9.26. The molecule has 3 atom stereocenters. The normalized spacial score (nSPS) is 15.6. The molecule has 0 aromatic carbocycles. The van der Waals surface area contributed by atoms with Crippen LogP contribution in [0, 0.1) is 0 Å². The summed E-state index contributed by atoms with van der Waals surface area (Å²) < 4.78 is 0.0653. The Morgan fingerprint density at radius 1 is 0.696 bits per heavy atom. The molecule has 3 N–H and O–H groups in total. The van der Waals surface area contributed by atoms with Crippen molar-refractivity contribution in [2.24, 2.45) is 5.73 Å². The minimum Gasteiger partial charge on any atom is -0.396 e. The molecule has 0 rings (SSSR count). The summed E-state index contributed by atoms with van der Waals surface area (Å²) in [4.78, 5) is 0. The molecule has 0 heterocycles. The predicted octanol–water partition coefficient (Wildman–Crippen LogP) is 4.87. The van der Waals surface area contributed by atoms with E-state index in [-0.39, 0.29) is 9.51 Å². The van der Waals surface area contributed by atoms with Crippen LogP contribution >= 0.6 is 25.3 Å². The fraction of sp³-hybridized carbons (Fsp3) is 1.00. The van der Waals surface area contributed by atoms with E-state index < -0.39 is 0 Å². The molecular formula is C18H38AuNOS2. The molecule has 2 nitrogen and oxygen atoms in total. The maximum atomic E-state index is 8.70. The van der Waals surface area contributed by atoms with Crippen molar-refractivity contribution in [2.75, 3.05) is 6.61 Å². The molecule has 0 amide bonds. The minimum absolute atomic E-state index is 0.0653. The van der Waals surface area contributed by atoms with Gasteiger partial charge in [0.15, 0.2) is 0 Å². The van der Waals surface area contributed by atoms with Gasteiger partial charge in [-0.1, -0.05) is 25.7 Å². The second-order valence-electron chi connectivity index (χ2n) is 6.56. The van der Waals surface area contributed by atoms with E-state index in [2.05, 4.69) is 46.3 Å². The van der Waals surface area contributed by atoms with Crippen LogP contribution < -0.4 is 5.73 Å². The molecule has 0 aliphatic carbocycles. The van der Waals surface area contributed by atoms with E-state index in [9.17, 15) is 0 Å². The summed E-state index contributed by atoms with van der Waals surface area (Å²) >= 11 is 11.5. The van der Waals surface area contributed by atoms with Crippen molar-refractivity contribution in [3.8, 4) is 0 Å². The molecule has 0 saturated carbocycles. The van der Waals surface area contributed by atoms with Gasteiger partial charge in [-0.05, 0) is 6.42 Å². The van der Waals surface area contributed by atoms with Crippen LogP contribution in [-0.2, 0) is 21.1 Å². The monoisotopic (exact) mass is 545 g/mol. The predicted molar refractivity (Wildman–Crippen MR) is 105 cm³/mol. The number of aliphatic hydroxyl groups is 1. The maximum absolute atomic E-state index is 8.70. The molecule has 0 saturated heterocycles. The van der Waals surface area contributed by atoms with Crippen LogP contribution in [0.3, 0.4) is 0 Å². The SMILES string of the molecule is N[CH]([Au])C(S)C(S)CCCCCCCCCCCCCCCO. The van der Waals surface area contributed by atoms with Gasteiger partial charge in [0.05, 0.1) is 0 Å². The number of thiol groups is 2. The molecule has 0 fully saturated rings. The number of nitrogens with two attached hydrogens (primary N) is 1. The fourth-order valence-electron chi connectivity index (χ4n) is 2.78.